The van der Waals surface area contributed by atoms with Crippen LogP contribution in [0.15, 0.2) is 9.42 Å². The molecule has 1 fully saturated rings. The Morgan fingerprint density at radius 1 is 1.44 bits per heavy atom. The van der Waals surface area contributed by atoms with E-state index in [-0.39, 0.29) is 23.1 Å². The molecule has 2 N–H and O–H groups in total. The van der Waals surface area contributed by atoms with Gasteiger partial charge in [0.25, 0.3) is 0 Å². The van der Waals surface area contributed by atoms with Crippen molar-refractivity contribution in [1.29, 1.82) is 0 Å². The lowest BCUT2D eigenvalue weighted by molar-refractivity contribution is 0.134. The number of aryl methyl sites for hydroxylation is 2. The van der Waals surface area contributed by atoms with Gasteiger partial charge in [-0.3, -0.25) is 0 Å². The van der Waals surface area contributed by atoms with Crippen LogP contribution in [0.5, 0.6) is 0 Å². The van der Waals surface area contributed by atoms with E-state index in [1.807, 2.05) is 0 Å². The summed E-state index contributed by atoms with van der Waals surface area (Å²) in [5.74, 6) is 0.284. The number of nitrogens with zero attached hydrogens (tertiary/aromatic N) is 1. The topological polar surface area (TPSA) is 92.4 Å². The summed E-state index contributed by atoms with van der Waals surface area (Å²) in [4.78, 5) is 0.106. The minimum atomic E-state index is -3.61. The molecule has 0 bridgehead atoms. The van der Waals surface area contributed by atoms with Crippen molar-refractivity contribution in [2.45, 2.75) is 44.1 Å². The zero-order valence-electron chi connectivity index (χ0n) is 10.5. The molecule has 1 aliphatic carbocycles. The number of hydrogen-bond donors (Lipinski definition) is 2. The summed E-state index contributed by atoms with van der Waals surface area (Å²) in [6.07, 6.45) is 2.14. The van der Waals surface area contributed by atoms with E-state index >= 15 is 0 Å². The Kier molecular flexibility index (Phi) is 3.74. The Labute approximate surface area is 106 Å². The standard InChI is InChI=1S/C11H18N2O4S/c1-7-11(8(2)17-13-7)18(15,16)12-6-9-4-3-5-10(9)14/h9-10,12,14H,3-6H2,1-2H3. The van der Waals surface area contributed by atoms with Crippen molar-refractivity contribution in [3.05, 3.63) is 11.5 Å². The maximum absolute atomic E-state index is 12.1. The number of aliphatic hydroxyl groups excluding tert-OH is 1. The van der Waals surface area contributed by atoms with E-state index in [4.69, 9.17) is 4.52 Å². The maximum Gasteiger partial charge on any atom is 0.245 e. The zero-order chi connectivity index (χ0) is 13.3. The molecule has 2 unspecified atom stereocenters. The van der Waals surface area contributed by atoms with Gasteiger partial charge in [-0.1, -0.05) is 11.6 Å². The lowest BCUT2D eigenvalue weighted by Gasteiger charge is -2.15. The molecule has 0 amide bonds. The molecule has 0 radical (unpaired) electrons. The Morgan fingerprint density at radius 3 is 2.67 bits per heavy atom. The number of rotatable bonds is 4. The molecular weight excluding hydrogens is 256 g/mol. The van der Waals surface area contributed by atoms with Crippen LogP contribution in [0.4, 0.5) is 0 Å². The first-order valence-corrected chi connectivity index (χ1v) is 7.50. The number of nitrogens with one attached hydrogen (secondary N) is 1. The maximum atomic E-state index is 12.1. The Bertz CT molecular complexity index is 504. The van der Waals surface area contributed by atoms with E-state index in [1.165, 1.54) is 0 Å². The smallest absolute Gasteiger partial charge is 0.245 e. The van der Waals surface area contributed by atoms with Crippen LogP contribution in [0, 0.1) is 19.8 Å². The number of aliphatic hydroxyl groups is 1. The van der Waals surface area contributed by atoms with Crippen LogP contribution < -0.4 is 4.72 Å². The fourth-order valence-corrected chi connectivity index (χ4v) is 3.82. The molecule has 1 heterocycles. The molecule has 2 rings (SSSR count). The van der Waals surface area contributed by atoms with Gasteiger partial charge in [0.15, 0.2) is 5.76 Å². The first kappa shape index (κ1) is 13.5. The molecule has 1 saturated carbocycles. The molecule has 0 saturated heterocycles. The van der Waals surface area contributed by atoms with Crippen LogP contribution in [-0.4, -0.2) is 31.3 Å². The summed E-state index contributed by atoms with van der Waals surface area (Å²) in [7, 11) is -3.61. The van der Waals surface area contributed by atoms with E-state index in [9.17, 15) is 13.5 Å². The number of sulfonamides is 1. The molecule has 0 spiro atoms. The van der Waals surface area contributed by atoms with Gasteiger partial charge in [-0.2, -0.15) is 0 Å². The van der Waals surface area contributed by atoms with Crippen molar-refractivity contribution >= 4 is 10.0 Å². The van der Waals surface area contributed by atoms with Crippen LogP contribution in [0.2, 0.25) is 0 Å². The summed E-state index contributed by atoms with van der Waals surface area (Å²) in [5.41, 5.74) is 0.354. The molecule has 7 heteroatoms. The van der Waals surface area contributed by atoms with Gasteiger partial charge < -0.3 is 9.63 Å². The third-order valence-electron chi connectivity index (χ3n) is 3.39. The second-order valence-electron chi connectivity index (χ2n) is 4.76. The van der Waals surface area contributed by atoms with Crippen molar-refractivity contribution < 1.29 is 18.0 Å². The molecule has 18 heavy (non-hydrogen) atoms. The lowest BCUT2D eigenvalue weighted by atomic mass is 10.1. The highest BCUT2D eigenvalue weighted by atomic mass is 32.2. The van der Waals surface area contributed by atoms with Crippen molar-refractivity contribution in [3.8, 4) is 0 Å². The molecule has 1 aliphatic rings. The Morgan fingerprint density at radius 2 is 2.17 bits per heavy atom. The van der Waals surface area contributed by atoms with Crippen LogP contribution in [0.25, 0.3) is 0 Å². The van der Waals surface area contributed by atoms with Crippen molar-refractivity contribution in [1.82, 2.24) is 9.88 Å². The minimum Gasteiger partial charge on any atom is -0.393 e. The average molecular weight is 274 g/mol. The lowest BCUT2D eigenvalue weighted by Crippen LogP contribution is -2.32. The van der Waals surface area contributed by atoms with Gasteiger partial charge >= 0.3 is 0 Å². The third-order valence-corrected chi connectivity index (χ3v) is 5.06. The van der Waals surface area contributed by atoms with Crippen LogP contribution in [-0.2, 0) is 10.0 Å². The summed E-state index contributed by atoms with van der Waals surface area (Å²) < 4.78 is 31.6. The van der Waals surface area contributed by atoms with Crippen molar-refractivity contribution in [2.24, 2.45) is 5.92 Å². The van der Waals surface area contributed by atoms with E-state index in [0.717, 1.165) is 19.3 Å². The minimum absolute atomic E-state index is 0.000229. The zero-order valence-corrected chi connectivity index (χ0v) is 11.3. The van der Waals surface area contributed by atoms with E-state index < -0.39 is 16.1 Å². The monoisotopic (exact) mass is 274 g/mol. The van der Waals surface area contributed by atoms with Crippen LogP contribution in [0.3, 0.4) is 0 Å². The van der Waals surface area contributed by atoms with Gasteiger partial charge in [0.1, 0.15) is 10.6 Å². The van der Waals surface area contributed by atoms with Gasteiger partial charge in [-0.05, 0) is 32.6 Å². The van der Waals surface area contributed by atoms with Gasteiger partial charge in [0.05, 0.1) is 6.10 Å². The molecule has 1 aromatic rings. The van der Waals surface area contributed by atoms with E-state index in [2.05, 4.69) is 9.88 Å². The predicted molar refractivity (Wildman–Crippen MR) is 64.5 cm³/mol. The normalized spacial score (nSPS) is 24.6. The first-order chi connectivity index (χ1) is 8.42. The molecule has 6 nitrogen and oxygen atoms in total. The summed E-state index contributed by atoms with van der Waals surface area (Å²) in [5, 5.41) is 13.3. The third kappa shape index (κ3) is 2.57. The largest absolute Gasteiger partial charge is 0.393 e. The number of aromatic nitrogens is 1. The molecule has 0 aromatic carbocycles. The summed E-state index contributed by atoms with van der Waals surface area (Å²) in [6, 6.07) is 0. The number of hydrogen-bond acceptors (Lipinski definition) is 5. The second-order valence-corrected chi connectivity index (χ2v) is 6.47. The van der Waals surface area contributed by atoms with Gasteiger partial charge in [0, 0.05) is 6.54 Å². The fourth-order valence-electron chi connectivity index (χ4n) is 2.40. The summed E-state index contributed by atoms with van der Waals surface area (Å²) >= 11 is 0. The van der Waals surface area contributed by atoms with E-state index in [1.54, 1.807) is 13.8 Å². The van der Waals surface area contributed by atoms with Gasteiger partial charge in [-0.25, -0.2) is 13.1 Å². The quantitative estimate of drug-likeness (QED) is 0.844. The Hall–Kier alpha value is -0.920. The van der Waals surface area contributed by atoms with Crippen molar-refractivity contribution in [2.75, 3.05) is 6.54 Å². The van der Waals surface area contributed by atoms with E-state index in [0.29, 0.717) is 5.69 Å². The average Bonchev–Trinajstić information content (AvgIpc) is 2.83. The highest BCUT2D eigenvalue weighted by molar-refractivity contribution is 7.89. The molecular formula is C11H18N2O4S. The Balaban J connectivity index is 2.08. The molecule has 0 aliphatic heterocycles. The first-order valence-electron chi connectivity index (χ1n) is 6.02. The molecule has 1 aromatic heterocycles. The van der Waals surface area contributed by atoms with Crippen LogP contribution >= 0.6 is 0 Å². The summed E-state index contributed by atoms with van der Waals surface area (Å²) in [6.45, 7) is 3.42. The van der Waals surface area contributed by atoms with Gasteiger partial charge in [-0.15, -0.1) is 0 Å². The van der Waals surface area contributed by atoms with Crippen molar-refractivity contribution in [3.63, 3.8) is 0 Å². The highest BCUT2D eigenvalue weighted by Crippen LogP contribution is 2.25. The predicted octanol–water partition coefficient (Wildman–Crippen LogP) is 0.731. The second kappa shape index (κ2) is 4.99. The van der Waals surface area contributed by atoms with Crippen LogP contribution in [0.1, 0.15) is 30.7 Å². The molecule has 2 atom stereocenters. The van der Waals surface area contributed by atoms with Gasteiger partial charge in [0.2, 0.25) is 10.0 Å². The highest BCUT2D eigenvalue weighted by Gasteiger charge is 2.29. The molecule has 102 valence electrons. The fraction of sp³-hybridized carbons (Fsp3) is 0.727. The SMILES string of the molecule is Cc1noc(C)c1S(=O)(=O)NCC1CCCC1O.